The molecular formula is C18H19F4N3O3. The molecule has 0 bridgehead atoms. The Labute approximate surface area is 158 Å². The molecule has 0 saturated heterocycles. The monoisotopic (exact) mass is 401 g/mol. The van der Waals surface area contributed by atoms with Gasteiger partial charge >= 0.3 is 13.2 Å². The number of alkyl halides is 4. The van der Waals surface area contributed by atoms with Gasteiger partial charge in [0.15, 0.2) is 0 Å². The topological polar surface area (TPSA) is 65.4 Å². The number of carbonyl (C=O) groups is 1. The van der Waals surface area contributed by atoms with Crippen LogP contribution >= 0.6 is 0 Å². The van der Waals surface area contributed by atoms with E-state index in [-0.39, 0.29) is 11.3 Å². The van der Waals surface area contributed by atoms with Crippen LogP contribution in [0.2, 0.25) is 0 Å². The highest BCUT2D eigenvalue weighted by Gasteiger charge is 2.13. The molecule has 0 aliphatic heterocycles. The average molecular weight is 401 g/mol. The zero-order chi connectivity index (χ0) is 20.7. The fourth-order valence-corrected chi connectivity index (χ4v) is 2.29. The van der Waals surface area contributed by atoms with Crippen LogP contribution in [0.1, 0.15) is 19.4 Å². The maximum Gasteiger partial charge on any atom is 0.387 e. The number of anilines is 1. The number of nitrogens with one attached hydrogen (secondary N) is 1. The number of hydrogen-bond donors (Lipinski definition) is 1. The Bertz CT molecular complexity index is 822. The molecule has 6 nitrogen and oxygen atoms in total. The molecule has 1 aromatic heterocycles. The molecule has 1 heterocycles. The highest BCUT2D eigenvalue weighted by Crippen LogP contribution is 2.28. The summed E-state index contributed by atoms with van der Waals surface area (Å²) in [5.41, 5.74) is 0.0905. The van der Waals surface area contributed by atoms with Crippen molar-refractivity contribution < 1.29 is 31.8 Å². The van der Waals surface area contributed by atoms with Crippen LogP contribution in [0.4, 0.5) is 23.4 Å². The van der Waals surface area contributed by atoms with E-state index in [1.807, 2.05) is 13.8 Å². The normalized spacial score (nSPS) is 11.6. The van der Waals surface area contributed by atoms with Gasteiger partial charge in [0.05, 0.1) is 6.20 Å². The fraction of sp³-hybridized carbons (Fsp3) is 0.333. The summed E-state index contributed by atoms with van der Waals surface area (Å²) < 4.78 is 59.8. The van der Waals surface area contributed by atoms with Crippen molar-refractivity contribution in [2.75, 3.05) is 5.32 Å². The molecule has 0 spiro atoms. The van der Waals surface area contributed by atoms with E-state index in [0.717, 1.165) is 18.2 Å². The first-order valence-corrected chi connectivity index (χ1v) is 8.29. The van der Waals surface area contributed by atoms with E-state index in [1.165, 1.54) is 18.3 Å². The smallest absolute Gasteiger partial charge is 0.387 e. The van der Waals surface area contributed by atoms with Crippen molar-refractivity contribution >= 4 is 17.8 Å². The van der Waals surface area contributed by atoms with Crippen LogP contribution in [-0.2, 0) is 11.3 Å². The second-order valence-corrected chi connectivity index (χ2v) is 6.07. The van der Waals surface area contributed by atoms with Crippen LogP contribution in [0.15, 0.2) is 36.5 Å². The Morgan fingerprint density at radius 3 is 2.54 bits per heavy atom. The number of halogens is 4. The van der Waals surface area contributed by atoms with Crippen LogP contribution in [0.25, 0.3) is 6.08 Å². The lowest BCUT2D eigenvalue weighted by molar-refractivity contribution is -0.111. The molecule has 0 fully saturated rings. The molecule has 0 aliphatic rings. The lowest BCUT2D eigenvalue weighted by Crippen LogP contribution is -2.15. The maximum atomic E-state index is 12.6. The lowest BCUT2D eigenvalue weighted by atomic mass is 10.1. The van der Waals surface area contributed by atoms with Crippen LogP contribution in [0.5, 0.6) is 11.5 Å². The van der Waals surface area contributed by atoms with Gasteiger partial charge < -0.3 is 14.8 Å². The third-order valence-electron chi connectivity index (χ3n) is 3.35. The summed E-state index contributed by atoms with van der Waals surface area (Å²) in [5, 5.41) is 6.73. The van der Waals surface area contributed by atoms with Crippen LogP contribution in [-0.4, -0.2) is 28.9 Å². The number of carbonyl (C=O) groups excluding carboxylic acids is 1. The molecule has 0 unspecified atom stereocenters. The van der Waals surface area contributed by atoms with E-state index < -0.39 is 24.9 Å². The summed E-state index contributed by atoms with van der Waals surface area (Å²) in [6.45, 7) is -1.68. The molecule has 10 heteroatoms. The largest absolute Gasteiger partial charge is 0.435 e. The molecule has 0 aliphatic carbocycles. The summed E-state index contributed by atoms with van der Waals surface area (Å²) >= 11 is 0. The molecule has 0 radical (unpaired) electrons. The number of rotatable bonds is 9. The van der Waals surface area contributed by atoms with Crippen LogP contribution < -0.4 is 14.8 Å². The highest BCUT2D eigenvalue weighted by molar-refractivity contribution is 6.01. The first-order chi connectivity index (χ1) is 13.2. The van der Waals surface area contributed by atoms with Crippen molar-refractivity contribution in [2.45, 2.75) is 33.6 Å². The van der Waals surface area contributed by atoms with Crippen molar-refractivity contribution in [3.63, 3.8) is 0 Å². The lowest BCUT2D eigenvalue weighted by Gasteiger charge is -2.11. The van der Waals surface area contributed by atoms with Crippen molar-refractivity contribution in [1.29, 1.82) is 0 Å². The number of amides is 1. The molecule has 0 atom stereocenters. The van der Waals surface area contributed by atoms with Crippen LogP contribution in [0.3, 0.4) is 0 Å². The Morgan fingerprint density at radius 2 is 1.89 bits per heavy atom. The minimum Gasteiger partial charge on any atom is -0.435 e. The summed E-state index contributed by atoms with van der Waals surface area (Å²) in [5.74, 6) is -0.476. The Balaban J connectivity index is 2.13. The first kappa shape index (κ1) is 21.3. The van der Waals surface area contributed by atoms with Gasteiger partial charge in [-0.05, 0) is 24.1 Å². The van der Waals surface area contributed by atoms with Gasteiger partial charge in [-0.2, -0.15) is 22.7 Å². The van der Waals surface area contributed by atoms with Crippen molar-refractivity contribution in [2.24, 2.45) is 5.92 Å². The predicted molar refractivity (Wildman–Crippen MR) is 94.4 cm³/mol. The van der Waals surface area contributed by atoms with Crippen molar-refractivity contribution in [3.8, 4) is 11.5 Å². The number of hydrogen-bond acceptors (Lipinski definition) is 4. The van der Waals surface area contributed by atoms with Crippen molar-refractivity contribution in [1.82, 2.24) is 9.78 Å². The van der Waals surface area contributed by atoms with E-state index in [9.17, 15) is 22.4 Å². The molecule has 2 aromatic rings. The Kier molecular flexibility index (Phi) is 7.42. The number of nitrogens with zero attached hydrogens (tertiary/aromatic N) is 2. The molecule has 2 rings (SSSR count). The van der Waals surface area contributed by atoms with E-state index in [4.69, 9.17) is 0 Å². The van der Waals surface area contributed by atoms with Gasteiger partial charge in [0.1, 0.15) is 17.3 Å². The molecule has 1 amide bonds. The average Bonchev–Trinajstić information content (AvgIpc) is 2.99. The SMILES string of the molecule is CC(C)Cn1nccc1NC(=O)/C=C/c1ccc(OC(F)F)cc1OC(F)F. The number of benzene rings is 1. The zero-order valence-electron chi connectivity index (χ0n) is 15.1. The first-order valence-electron chi connectivity index (χ1n) is 8.29. The number of ether oxygens (including phenoxy) is 2. The molecule has 152 valence electrons. The fourth-order valence-electron chi connectivity index (χ4n) is 2.29. The molecule has 1 N–H and O–H groups in total. The molecule has 1 aromatic carbocycles. The number of aromatic nitrogens is 2. The van der Waals surface area contributed by atoms with Gasteiger partial charge in [0.2, 0.25) is 5.91 Å². The third kappa shape index (κ3) is 6.60. The van der Waals surface area contributed by atoms with Gasteiger partial charge in [0.25, 0.3) is 0 Å². The predicted octanol–water partition coefficient (Wildman–Crippen LogP) is 4.39. The summed E-state index contributed by atoms with van der Waals surface area (Å²) in [7, 11) is 0. The van der Waals surface area contributed by atoms with Crippen molar-refractivity contribution in [3.05, 3.63) is 42.1 Å². The quantitative estimate of drug-likeness (QED) is 0.500. The van der Waals surface area contributed by atoms with E-state index in [1.54, 1.807) is 10.7 Å². The Hall–Kier alpha value is -3.04. The summed E-state index contributed by atoms with van der Waals surface area (Å²) in [6, 6.07) is 4.89. The summed E-state index contributed by atoms with van der Waals surface area (Å²) in [4.78, 5) is 12.1. The van der Waals surface area contributed by atoms with E-state index >= 15 is 0 Å². The highest BCUT2D eigenvalue weighted by atomic mass is 19.3. The second-order valence-electron chi connectivity index (χ2n) is 6.07. The molecular weight excluding hydrogens is 382 g/mol. The van der Waals surface area contributed by atoms with Gasteiger partial charge in [-0.3, -0.25) is 4.79 Å². The van der Waals surface area contributed by atoms with E-state index in [2.05, 4.69) is 19.9 Å². The standard InChI is InChI=1S/C18H19F4N3O3/c1-11(2)10-25-15(7-8-23-25)24-16(26)6-4-12-3-5-13(27-17(19)20)9-14(12)28-18(21)22/h3-9,11,17-18H,10H2,1-2H3,(H,24,26)/b6-4+. The second kappa shape index (κ2) is 9.77. The maximum absolute atomic E-state index is 12.6. The van der Waals surface area contributed by atoms with E-state index in [0.29, 0.717) is 18.3 Å². The minimum absolute atomic E-state index is 0.0905. The summed E-state index contributed by atoms with van der Waals surface area (Å²) in [6.07, 6.45) is 3.87. The third-order valence-corrected chi connectivity index (χ3v) is 3.35. The van der Waals surface area contributed by atoms with Gasteiger partial charge in [-0.15, -0.1) is 0 Å². The van der Waals surface area contributed by atoms with Gasteiger partial charge in [-0.25, -0.2) is 4.68 Å². The van der Waals surface area contributed by atoms with Gasteiger partial charge in [0, 0.05) is 30.3 Å². The molecule has 28 heavy (non-hydrogen) atoms. The minimum atomic E-state index is -3.17. The Morgan fingerprint density at radius 1 is 1.18 bits per heavy atom. The van der Waals surface area contributed by atoms with Gasteiger partial charge in [-0.1, -0.05) is 13.8 Å². The van der Waals surface area contributed by atoms with Crippen LogP contribution in [0, 0.1) is 5.92 Å². The molecule has 0 saturated carbocycles. The zero-order valence-corrected chi connectivity index (χ0v) is 15.1.